The molecule has 0 N–H and O–H groups in total. The van der Waals surface area contributed by atoms with Crippen LogP contribution >= 0.6 is 0 Å². The van der Waals surface area contributed by atoms with E-state index in [2.05, 4.69) is 6.58 Å². The average Bonchev–Trinajstić information content (AvgIpc) is 2.99. The van der Waals surface area contributed by atoms with Crippen LogP contribution in [0.5, 0.6) is 11.5 Å². The molecule has 0 heterocycles. The maximum Gasteiger partial charge on any atom is 0.426 e. The van der Waals surface area contributed by atoms with E-state index in [0.29, 0.717) is 29.0 Å². The van der Waals surface area contributed by atoms with Gasteiger partial charge in [0.2, 0.25) is 0 Å². The summed E-state index contributed by atoms with van der Waals surface area (Å²) >= 11 is 0. The third kappa shape index (κ3) is 6.40. The average molecular weight is 595 g/mol. The molecule has 0 saturated heterocycles. The summed E-state index contributed by atoms with van der Waals surface area (Å²) in [4.78, 5) is 0. The van der Waals surface area contributed by atoms with Crippen LogP contribution in [0.15, 0.2) is 110 Å². The minimum absolute atomic E-state index is 0.0474. The van der Waals surface area contributed by atoms with Gasteiger partial charge in [-0.3, -0.25) is 0 Å². The van der Waals surface area contributed by atoms with Crippen molar-refractivity contribution in [1.82, 2.24) is 0 Å². The number of hydrogen-bond donors (Lipinski definition) is 0. The second-order valence-electron chi connectivity index (χ2n) is 9.41. The lowest BCUT2D eigenvalue weighted by Crippen LogP contribution is -2.21. The van der Waals surface area contributed by atoms with Gasteiger partial charge in [0, 0.05) is 11.1 Å². The molecule has 5 rings (SSSR count). The first-order valence-electron chi connectivity index (χ1n) is 12.8. The van der Waals surface area contributed by atoms with Gasteiger partial charge in [0.05, 0.1) is 5.56 Å². The molecule has 9 heteroatoms. The molecule has 0 aromatic heterocycles. The summed E-state index contributed by atoms with van der Waals surface area (Å²) in [5.74, 6) is -5.90. The minimum Gasteiger partial charge on any atom is -0.490 e. The quantitative estimate of drug-likeness (QED) is 0.0961. The normalized spacial score (nSPS) is 11.3. The number of hydrogen-bond acceptors (Lipinski definition) is 2. The summed E-state index contributed by atoms with van der Waals surface area (Å²) in [6, 6.07) is 19.9. The Morgan fingerprint density at radius 2 is 1.05 bits per heavy atom. The fourth-order valence-corrected chi connectivity index (χ4v) is 4.38. The van der Waals surface area contributed by atoms with Gasteiger partial charge < -0.3 is 9.47 Å². The number of halogens is 7. The van der Waals surface area contributed by atoms with E-state index >= 15 is 4.39 Å². The van der Waals surface area contributed by atoms with Crippen LogP contribution in [0.3, 0.4) is 0 Å². The van der Waals surface area contributed by atoms with Crippen LogP contribution in [0, 0.1) is 29.1 Å². The molecule has 0 radical (unpaired) electrons. The van der Waals surface area contributed by atoms with Crippen LogP contribution < -0.4 is 9.47 Å². The summed E-state index contributed by atoms with van der Waals surface area (Å²) in [5, 5.41) is 0. The number of rotatable bonds is 9. The van der Waals surface area contributed by atoms with E-state index in [9.17, 15) is 26.3 Å². The van der Waals surface area contributed by atoms with Gasteiger partial charge >= 0.3 is 6.11 Å². The highest BCUT2D eigenvalue weighted by Crippen LogP contribution is 2.35. The van der Waals surface area contributed by atoms with Crippen LogP contribution in [0.1, 0.15) is 5.56 Å². The van der Waals surface area contributed by atoms with E-state index in [1.165, 1.54) is 78.9 Å². The Kier molecular flexibility index (Phi) is 8.25. The number of benzene rings is 5. The largest absolute Gasteiger partial charge is 0.490 e. The van der Waals surface area contributed by atoms with Crippen molar-refractivity contribution in [1.29, 1.82) is 0 Å². The van der Waals surface area contributed by atoms with E-state index in [0.717, 1.165) is 6.07 Å². The standard InChI is InChI=1S/C34H21F7O2/c1-2-15-42-25-11-7-24(8-12-25)34(40,41)43-26-9-3-20(4-10-26)21-5-13-27(29(35)16-21)22-6-14-28(30(36)17-22)23-18-31(37)33(39)32(38)19-23/h2-14,16-19H,1,15H2. The molecular weight excluding hydrogens is 573 g/mol. The minimum atomic E-state index is -3.63. The Labute approximate surface area is 242 Å². The third-order valence-electron chi connectivity index (χ3n) is 6.54. The molecule has 218 valence electrons. The first kappa shape index (κ1) is 29.4. The van der Waals surface area contributed by atoms with Gasteiger partial charge in [-0.15, -0.1) is 0 Å². The molecule has 5 aromatic carbocycles. The Morgan fingerprint density at radius 3 is 1.63 bits per heavy atom. The predicted octanol–water partition coefficient (Wildman–Crippen LogP) is 10.1. The van der Waals surface area contributed by atoms with Gasteiger partial charge in [-0.2, -0.15) is 8.78 Å². The molecule has 0 unspecified atom stereocenters. The van der Waals surface area contributed by atoms with E-state index in [4.69, 9.17) is 9.47 Å². The summed E-state index contributed by atoms with van der Waals surface area (Å²) in [6.07, 6.45) is -2.10. The highest BCUT2D eigenvalue weighted by atomic mass is 19.3. The van der Waals surface area contributed by atoms with Crippen molar-refractivity contribution in [2.75, 3.05) is 6.61 Å². The van der Waals surface area contributed by atoms with Gasteiger partial charge in [0.1, 0.15) is 29.7 Å². The zero-order valence-corrected chi connectivity index (χ0v) is 22.2. The molecule has 0 aliphatic carbocycles. The van der Waals surface area contributed by atoms with Crippen LogP contribution in [0.25, 0.3) is 33.4 Å². The Hall–Kier alpha value is -5.05. The Bertz CT molecular complexity index is 1760. The van der Waals surface area contributed by atoms with Gasteiger partial charge in [-0.1, -0.05) is 49.1 Å². The second kappa shape index (κ2) is 12.1. The Morgan fingerprint density at radius 1 is 0.558 bits per heavy atom. The molecule has 0 fully saturated rings. The SMILES string of the molecule is C=CCOc1ccc(C(F)(F)Oc2ccc(-c3ccc(-c4ccc(-c5cc(F)c(F)c(F)c5)c(F)c4)c(F)c3)cc2)cc1. The molecule has 0 aliphatic rings. The molecule has 0 amide bonds. The van der Waals surface area contributed by atoms with Crippen LogP contribution in [0.2, 0.25) is 0 Å². The lowest BCUT2D eigenvalue weighted by Gasteiger charge is -2.19. The maximum absolute atomic E-state index is 15.1. The highest BCUT2D eigenvalue weighted by molar-refractivity contribution is 5.74. The van der Waals surface area contributed by atoms with Crippen LogP contribution in [-0.2, 0) is 6.11 Å². The summed E-state index contributed by atoms with van der Waals surface area (Å²) in [7, 11) is 0. The van der Waals surface area contributed by atoms with E-state index in [1.54, 1.807) is 6.07 Å². The van der Waals surface area contributed by atoms with Crippen LogP contribution in [-0.4, -0.2) is 6.61 Å². The predicted molar refractivity (Wildman–Crippen MR) is 149 cm³/mol. The second-order valence-corrected chi connectivity index (χ2v) is 9.41. The third-order valence-corrected chi connectivity index (χ3v) is 6.54. The van der Waals surface area contributed by atoms with Crippen molar-refractivity contribution < 1.29 is 40.2 Å². The first-order chi connectivity index (χ1) is 20.6. The van der Waals surface area contributed by atoms with Crippen molar-refractivity contribution in [3.05, 3.63) is 144 Å². The zero-order valence-electron chi connectivity index (χ0n) is 22.2. The van der Waals surface area contributed by atoms with Gasteiger partial charge in [0.15, 0.2) is 17.5 Å². The fourth-order valence-electron chi connectivity index (χ4n) is 4.38. The molecule has 0 atom stereocenters. The number of alkyl halides is 2. The lowest BCUT2D eigenvalue weighted by molar-refractivity contribution is -0.185. The summed E-state index contributed by atoms with van der Waals surface area (Å²) in [5.41, 5.74) is 0.345. The van der Waals surface area contributed by atoms with Crippen molar-refractivity contribution in [3.8, 4) is 44.9 Å². The van der Waals surface area contributed by atoms with Crippen molar-refractivity contribution in [2.45, 2.75) is 6.11 Å². The van der Waals surface area contributed by atoms with Gasteiger partial charge in [-0.05, 0) is 82.9 Å². The molecule has 0 spiro atoms. The Balaban J connectivity index is 1.31. The lowest BCUT2D eigenvalue weighted by atomic mass is 9.97. The molecule has 5 aromatic rings. The fraction of sp³-hybridized carbons (Fsp3) is 0.0588. The smallest absolute Gasteiger partial charge is 0.426 e. The van der Waals surface area contributed by atoms with E-state index in [-0.39, 0.29) is 40.2 Å². The topological polar surface area (TPSA) is 18.5 Å². The number of ether oxygens (including phenoxy) is 2. The van der Waals surface area contributed by atoms with E-state index < -0.39 is 35.2 Å². The molecule has 0 aliphatic heterocycles. The van der Waals surface area contributed by atoms with Gasteiger partial charge in [-0.25, -0.2) is 22.0 Å². The molecule has 0 bridgehead atoms. The molecule has 0 saturated carbocycles. The molecular formula is C34H21F7O2. The highest BCUT2D eigenvalue weighted by Gasteiger charge is 2.34. The summed E-state index contributed by atoms with van der Waals surface area (Å²) in [6.45, 7) is 3.76. The van der Waals surface area contributed by atoms with E-state index in [1.807, 2.05) is 0 Å². The van der Waals surface area contributed by atoms with Crippen molar-refractivity contribution >= 4 is 0 Å². The molecule has 2 nitrogen and oxygen atoms in total. The molecule has 43 heavy (non-hydrogen) atoms. The maximum atomic E-state index is 15.1. The first-order valence-corrected chi connectivity index (χ1v) is 12.8. The van der Waals surface area contributed by atoms with Crippen LogP contribution in [0.4, 0.5) is 30.7 Å². The summed E-state index contributed by atoms with van der Waals surface area (Å²) < 4.78 is 110. The van der Waals surface area contributed by atoms with Crippen molar-refractivity contribution in [2.24, 2.45) is 0 Å². The zero-order chi connectivity index (χ0) is 30.7. The monoisotopic (exact) mass is 594 g/mol. The van der Waals surface area contributed by atoms with Crippen molar-refractivity contribution in [3.63, 3.8) is 0 Å². The van der Waals surface area contributed by atoms with Gasteiger partial charge in [0.25, 0.3) is 0 Å².